The van der Waals surface area contributed by atoms with Gasteiger partial charge in [0.2, 0.25) is 0 Å². The molecule has 3 aromatic rings. The van der Waals surface area contributed by atoms with E-state index in [1.165, 1.54) is 5.56 Å². The van der Waals surface area contributed by atoms with Crippen LogP contribution in [0, 0.1) is 0 Å². The lowest BCUT2D eigenvalue weighted by atomic mass is 9.95. The minimum atomic E-state index is 0.0181. The summed E-state index contributed by atoms with van der Waals surface area (Å²) in [6.07, 6.45) is 10.2. The number of aryl methyl sites for hydroxylation is 1. The molecule has 0 unspecified atom stereocenters. The van der Waals surface area contributed by atoms with Gasteiger partial charge in [0.15, 0.2) is 0 Å². The number of hydrogen-bond donors (Lipinski definition) is 1. The zero-order valence-corrected chi connectivity index (χ0v) is 15.5. The Hall–Kier alpha value is -2.96. The highest BCUT2D eigenvalue weighted by molar-refractivity contribution is 5.92. The predicted molar refractivity (Wildman–Crippen MR) is 101 cm³/mol. The van der Waals surface area contributed by atoms with Crippen molar-refractivity contribution < 1.29 is 4.79 Å². The molecule has 3 aromatic heterocycles. The average Bonchev–Trinajstić information content (AvgIpc) is 3.38. The van der Waals surface area contributed by atoms with Gasteiger partial charge in [-0.15, -0.1) is 0 Å². The van der Waals surface area contributed by atoms with Crippen molar-refractivity contribution in [2.24, 2.45) is 0 Å². The van der Waals surface area contributed by atoms with Crippen LogP contribution in [-0.4, -0.2) is 48.6 Å². The second kappa shape index (κ2) is 7.73. The smallest absolute Gasteiger partial charge is 0.274 e. The number of aromatic nitrogens is 5. The van der Waals surface area contributed by atoms with Crippen molar-refractivity contribution in [3.05, 3.63) is 65.8 Å². The maximum absolute atomic E-state index is 12.6. The lowest BCUT2D eigenvalue weighted by Crippen LogP contribution is -2.38. The third-order valence-electron chi connectivity index (χ3n) is 5.23. The molecule has 1 amide bonds. The molecule has 0 saturated carbocycles. The molecule has 0 radical (unpaired) electrons. The minimum Gasteiger partial charge on any atom is -0.337 e. The molecular formula is C20H24N6O. The molecule has 0 aliphatic carbocycles. The van der Waals surface area contributed by atoms with Crippen LogP contribution in [-0.2, 0) is 13.0 Å². The summed E-state index contributed by atoms with van der Waals surface area (Å²) in [5.41, 5.74) is 2.72. The van der Waals surface area contributed by atoms with Gasteiger partial charge in [-0.25, -0.2) is 4.98 Å². The number of likely N-dealkylation sites (tertiary alicyclic amines) is 1. The number of H-pyrrole nitrogens is 1. The Morgan fingerprint density at radius 3 is 2.70 bits per heavy atom. The first-order valence-electron chi connectivity index (χ1n) is 9.48. The molecule has 1 N–H and O–H groups in total. The van der Waals surface area contributed by atoms with Crippen LogP contribution in [0.3, 0.4) is 0 Å². The molecule has 7 nitrogen and oxygen atoms in total. The largest absolute Gasteiger partial charge is 0.337 e. The van der Waals surface area contributed by atoms with E-state index in [-0.39, 0.29) is 5.91 Å². The molecule has 1 saturated heterocycles. The van der Waals surface area contributed by atoms with Crippen molar-refractivity contribution >= 4 is 5.91 Å². The van der Waals surface area contributed by atoms with E-state index in [1.54, 1.807) is 0 Å². The second-order valence-corrected chi connectivity index (χ2v) is 6.97. The molecule has 0 bridgehead atoms. The third kappa shape index (κ3) is 3.77. The zero-order chi connectivity index (χ0) is 18.6. The number of carbonyl (C=O) groups excluding carboxylic acids is 1. The number of nitrogens with one attached hydrogen (secondary N) is 1. The van der Waals surface area contributed by atoms with Crippen molar-refractivity contribution in [2.75, 3.05) is 13.1 Å². The summed E-state index contributed by atoms with van der Waals surface area (Å²) < 4.78 is 2.21. The normalized spacial score (nSPS) is 15.2. The Balaban J connectivity index is 1.40. The maximum Gasteiger partial charge on any atom is 0.274 e. The van der Waals surface area contributed by atoms with Crippen molar-refractivity contribution in [2.45, 2.75) is 38.6 Å². The van der Waals surface area contributed by atoms with Crippen LogP contribution in [0.5, 0.6) is 0 Å². The third-order valence-corrected chi connectivity index (χ3v) is 5.23. The predicted octanol–water partition coefficient (Wildman–Crippen LogP) is 2.63. The van der Waals surface area contributed by atoms with Gasteiger partial charge in [0.1, 0.15) is 11.5 Å². The number of aromatic amines is 1. The van der Waals surface area contributed by atoms with Gasteiger partial charge in [-0.1, -0.05) is 6.92 Å². The fourth-order valence-corrected chi connectivity index (χ4v) is 3.65. The number of amides is 1. The first-order chi connectivity index (χ1) is 13.2. The highest BCUT2D eigenvalue weighted by atomic mass is 16.2. The van der Waals surface area contributed by atoms with Gasteiger partial charge in [0.25, 0.3) is 5.91 Å². The Morgan fingerprint density at radius 2 is 2.00 bits per heavy atom. The lowest BCUT2D eigenvalue weighted by Gasteiger charge is -2.31. The molecule has 4 heterocycles. The summed E-state index contributed by atoms with van der Waals surface area (Å²) in [5, 5.41) is 7.08. The van der Waals surface area contributed by atoms with Gasteiger partial charge in [-0.05, 0) is 43.0 Å². The molecule has 1 aliphatic rings. The van der Waals surface area contributed by atoms with Crippen molar-refractivity contribution in [1.29, 1.82) is 0 Å². The number of nitrogens with zero attached hydrogens (tertiary/aromatic N) is 5. The molecule has 140 valence electrons. The molecule has 0 aromatic carbocycles. The van der Waals surface area contributed by atoms with Gasteiger partial charge in [0, 0.05) is 56.0 Å². The summed E-state index contributed by atoms with van der Waals surface area (Å²) in [6, 6.07) is 5.91. The number of carbonyl (C=O) groups is 1. The van der Waals surface area contributed by atoms with Gasteiger partial charge >= 0.3 is 0 Å². The molecule has 7 heteroatoms. The Morgan fingerprint density at radius 1 is 1.22 bits per heavy atom. The first-order valence-corrected chi connectivity index (χ1v) is 9.48. The van der Waals surface area contributed by atoms with E-state index in [2.05, 4.69) is 24.7 Å². The fraction of sp³-hybridized carbons (Fsp3) is 0.400. The number of piperidine rings is 1. The van der Waals surface area contributed by atoms with Crippen LogP contribution in [0.25, 0.3) is 0 Å². The summed E-state index contributed by atoms with van der Waals surface area (Å²) in [7, 11) is 0. The van der Waals surface area contributed by atoms with E-state index in [0.717, 1.165) is 50.4 Å². The number of pyridine rings is 1. The van der Waals surface area contributed by atoms with Crippen LogP contribution in [0.4, 0.5) is 0 Å². The van der Waals surface area contributed by atoms with Crippen LogP contribution >= 0.6 is 0 Å². The Bertz CT molecular complexity index is 892. The topological polar surface area (TPSA) is 79.7 Å². The first kappa shape index (κ1) is 17.5. The molecule has 0 atom stereocenters. The van der Waals surface area contributed by atoms with E-state index >= 15 is 0 Å². The summed E-state index contributed by atoms with van der Waals surface area (Å²) in [6.45, 7) is 4.31. The van der Waals surface area contributed by atoms with E-state index in [0.29, 0.717) is 11.6 Å². The van der Waals surface area contributed by atoms with Gasteiger partial charge < -0.3 is 9.47 Å². The summed E-state index contributed by atoms with van der Waals surface area (Å²) in [5.74, 6) is 1.49. The molecule has 1 fully saturated rings. The van der Waals surface area contributed by atoms with Gasteiger partial charge in [0.05, 0.1) is 0 Å². The van der Waals surface area contributed by atoms with Gasteiger partial charge in [-0.3, -0.25) is 14.9 Å². The molecular weight excluding hydrogens is 340 g/mol. The average molecular weight is 364 g/mol. The molecule has 1 aliphatic heterocycles. The van der Waals surface area contributed by atoms with Crippen LogP contribution in [0.1, 0.15) is 53.3 Å². The lowest BCUT2D eigenvalue weighted by molar-refractivity contribution is 0.0704. The maximum atomic E-state index is 12.6. The highest BCUT2D eigenvalue weighted by Crippen LogP contribution is 2.28. The number of rotatable bonds is 5. The molecule has 4 rings (SSSR count). The SMILES string of the molecule is CCc1cc(C(=O)N2CCC(c3nccn3Cc3ccncc3)CC2)n[nH]1. The van der Waals surface area contributed by atoms with Crippen LogP contribution < -0.4 is 0 Å². The standard InChI is InChI=1S/C20H24N6O/c1-2-17-13-18(24-23-17)20(27)25-10-5-16(6-11-25)19-22-9-12-26(19)14-15-3-7-21-8-4-15/h3-4,7-9,12-13,16H,2,5-6,10-11,14H2,1H3,(H,23,24). The fourth-order valence-electron chi connectivity index (χ4n) is 3.65. The number of imidazole rings is 1. The van der Waals surface area contributed by atoms with Crippen molar-refractivity contribution in [3.8, 4) is 0 Å². The monoisotopic (exact) mass is 364 g/mol. The second-order valence-electron chi connectivity index (χ2n) is 6.97. The minimum absolute atomic E-state index is 0.0181. The Kier molecular flexibility index (Phi) is 5.00. The molecule has 27 heavy (non-hydrogen) atoms. The van der Waals surface area contributed by atoms with E-state index in [4.69, 9.17) is 0 Å². The van der Waals surface area contributed by atoms with Gasteiger partial charge in [-0.2, -0.15) is 5.10 Å². The van der Waals surface area contributed by atoms with E-state index in [1.807, 2.05) is 54.8 Å². The van der Waals surface area contributed by atoms with E-state index < -0.39 is 0 Å². The van der Waals surface area contributed by atoms with Crippen molar-refractivity contribution in [1.82, 2.24) is 29.6 Å². The number of hydrogen-bond acceptors (Lipinski definition) is 4. The Labute approximate surface area is 158 Å². The van der Waals surface area contributed by atoms with Crippen LogP contribution in [0.2, 0.25) is 0 Å². The summed E-state index contributed by atoms with van der Waals surface area (Å²) >= 11 is 0. The van der Waals surface area contributed by atoms with E-state index in [9.17, 15) is 4.79 Å². The molecule has 0 spiro atoms. The quantitative estimate of drug-likeness (QED) is 0.755. The van der Waals surface area contributed by atoms with Crippen molar-refractivity contribution in [3.63, 3.8) is 0 Å². The zero-order valence-electron chi connectivity index (χ0n) is 15.5. The van der Waals surface area contributed by atoms with Crippen LogP contribution in [0.15, 0.2) is 43.0 Å². The summed E-state index contributed by atoms with van der Waals surface area (Å²) in [4.78, 5) is 23.2. The highest BCUT2D eigenvalue weighted by Gasteiger charge is 2.28.